The molecule has 1 aromatic rings. The van der Waals surface area contributed by atoms with Crippen LogP contribution in [-0.4, -0.2) is 41.9 Å². The van der Waals surface area contributed by atoms with E-state index < -0.39 is 23.6 Å². The van der Waals surface area contributed by atoms with Crippen molar-refractivity contribution < 1.29 is 19.4 Å². The van der Waals surface area contributed by atoms with Crippen LogP contribution in [0.3, 0.4) is 0 Å². The van der Waals surface area contributed by atoms with Gasteiger partial charge in [-0.25, -0.2) is 4.79 Å². The van der Waals surface area contributed by atoms with Crippen LogP contribution in [0.15, 0.2) is 30.3 Å². The molecule has 0 radical (unpaired) electrons. The van der Waals surface area contributed by atoms with E-state index in [-0.39, 0.29) is 6.61 Å². The lowest BCUT2D eigenvalue weighted by molar-refractivity contribution is -0.123. The molecule has 1 aromatic carbocycles. The maximum Gasteiger partial charge on any atom is 0.414 e. The first kappa shape index (κ1) is 19.1. The lowest BCUT2D eigenvalue weighted by Gasteiger charge is -2.21. The molecular weight excluding hydrogens is 296 g/mol. The highest BCUT2D eigenvalue weighted by Gasteiger charge is 2.22. The summed E-state index contributed by atoms with van der Waals surface area (Å²) in [7, 11) is 0. The maximum absolute atomic E-state index is 11.9. The van der Waals surface area contributed by atoms with Crippen molar-refractivity contribution in [3.05, 3.63) is 35.9 Å². The zero-order valence-electron chi connectivity index (χ0n) is 14.0. The first-order valence-corrected chi connectivity index (χ1v) is 7.74. The molecule has 1 rings (SSSR count). The average molecular weight is 322 g/mol. The molecule has 0 aliphatic heterocycles. The fourth-order valence-corrected chi connectivity index (χ4v) is 1.94. The quantitative estimate of drug-likeness (QED) is 0.664. The number of carbonyl (C=O) groups excluding carboxylic acids is 2. The summed E-state index contributed by atoms with van der Waals surface area (Å²) in [6.07, 6.45) is 0.881. The first-order valence-electron chi connectivity index (χ1n) is 7.74. The molecule has 0 aromatic heterocycles. The second kappa shape index (κ2) is 9.27. The van der Waals surface area contributed by atoms with Gasteiger partial charge in [-0.15, -0.1) is 0 Å². The number of aliphatic hydroxyl groups is 1. The van der Waals surface area contributed by atoms with Gasteiger partial charge < -0.3 is 15.2 Å². The molecule has 0 saturated carbocycles. The summed E-state index contributed by atoms with van der Waals surface area (Å²) < 4.78 is 5.01. The van der Waals surface area contributed by atoms with Crippen molar-refractivity contribution >= 4 is 12.0 Å². The smallest absolute Gasteiger partial charge is 0.414 e. The Bertz CT molecular complexity index is 497. The molecular formula is C17H26N2O4. The number of benzene rings is 1. The van der Waals surface area contributed by atoms with E-state index in [9.17, 15) is 14.7 Å². The third kappa shape index (κ3) is 8.32. The molecule has 3 N–H and O–H groups in total. The number of hydrogen-bond donors (Lipinski definition) is 3. The first-order chi connectivity index (χ1) is 10.8. The lowest BCUT2D eigenvalue weighted by atomic mass is 10.1. The van der Waals surface area contributed by atoms with E-state index in [0.717, 1.165) is 12.8 Å². The average Bonchev–Trinajstić information content (AvgIpc) is 2.46. The molecule has 0 fully saturated rings. The minimum atomic E-state index is -0.835. The van der Waals surface area contributed by atoms with Crippen LogP contribution >= 0.6 is 0 Å². The van der Waals surface area contributed by atoms with Gasteiger partial charge >= 0.3 is 6.09 Å². The molecule has 128 valence electrons. The van der Waals surface area contributed by atoms with Crippen molar-refractivity contribution in [1.82, 2.24) is 10.6 Å². The van der Waals surface area contributed by atoms with Crippen LogP contribution in [0.25, 0.3) is 0 Å². The summed E-state index contributed by atoms with van der Waals surface area (Å²) >= 11 is 0. The number of aryl methyl sites for hydroxylation is 1. The number of nitrogens with one attached hydrogen (secondary N) is 2. The van der Waals surface area contributed by atoms with Gasteiger partial charge in [0.25, 0.3) is 0 Å². The largest absolute Gasteiger partial charge is 0.444 e. The van der Waals surface area contributed by atoms with Crippen molar-refractivity contribution in [3.8, 4) is 0 Å². The minimum Gasteiger partial charge on any atom is -0.444 e. The predicted molar refractivity (Wildman–Crippen MR) is 88.0 cm³/mol. The van der Waals surface area contributed by atoms with Crippen LogP contribution in [0, 0.1) is 0 Å². The topological polar surface area (TPSA) is 87.7 Å². The second-order valence-corrected chi connectivity index (χ2v) is 6.27. The fraction of sp³-hybridized carbons (Fsp3) is 0.529. The van der Waals surface area contributed by atoms with E-state index in [0.29, 0.717) is 6.54 Å². The number of carbonyl (C=O) groups is 2. The van der Waals surface area contributed by atoms with Crippen LogP contribution in [0.1, 0.15) is 32.8 Å². The van der Waals surface area contributed by atoms with Gasteiger partial charge in [-0.1, -0.05) is 30.3 Å². The van der Waals surface area contributed by atoms with Gasteiger partial charge in [-0.2, -0.15) is 0 Å². The SMILES string of the molecule is CC(C)(C)OC(=O)NC(=O)[C@@H](CO)NCCCc1ccccc1. The molecule has 0 bridgehead atoms. The number of amides is 2. The number of rotatable bonds is 7. The summed E-state index contributed by atoms with van der Waals surface area (Å²) in [5.74, 6) is -0.596. The Morgan fingerprint density at radius 1 is 1.22 bits per heavy atom. The molecule has 6 nitrogen and oxygen atoms in total. The number of hydrogen-bond acceptors (Lipinski definition) is 5. The molecule has 6 heteroatoms. The Hall–Kier alpha value is -1.92. The van der Waals surface area contributed by atoms with Crippen molar-refractivity contribution in [1.29, 1.82) is 0 Å². The van der Waals surface area contributed by atoms with E-state index in [4.69, 9.17) is 4.74 Å². The molecule has 0 aliphatic rings. The van der Waals surface area contributed by atoms with Crippen molar-refractivity contribution in [3.63, 3.8) is 0 Å². The van der Waals surface area contributed by atoms with Gasteiger partial charge in [0.1, 0.15) is 11.6 Å². The van der Waals surface area contributed by atoms with E-state index in [1.807, 2.05) is 30.3 Å². The molecule has 0 aliphatic carbocycles. The highest BCUT2D eigenvalue weighted by molar-refractivity contribution is 5.95. The minimum absolute atomic E-state index is 0.389. The third-order valence-electron chi connectivity index (χ3n) is 3.00. The van der Waals surface area contributed by atoms with E-state index >= 15 is 0 Å². The molecule has 0 saturated heterocycles. The monoisotopic (exact) mass is 322 g/mol. The lowest BCUT2D eigenvalue weighted by Crippen LogP contribution is -2.49. The van der Waals surface area contributed by atoms with Crippen LogP contribution in [0.2, 0.25) is 0 Å². The summed E-state index contributed by atoms with van der Waals surface area (Å²) in [5.41, 5.74) is 0.537. The summed E-state index contributed by atoms with van der Waals surface area (Å²) in [5, 5.41) is 14.3. The van der Waals surface area contributed by atoms with Gasteiger partial charge in [0.15, 0.2) is 0 Å². The number of ether oxygens (including phenoxy) is 1. The summed E-state index contributed by atoms with van der Waals surface area (Å²) in [6.45, 7) is 5.30. The molecule has 0 heterocycles. The number of aliphatic hydroxyl groups excluding tert-OH is 1. The Morgan fingerprint density at radius 2 is 1.87 bits per heavy atom. The molecule has 0 spiro atoms. The maximum atomic E-state index is 11.9. The number of alkyl carbamates (subject to hydrolysis) is 1. The Morgan fingerprint density at radius 3 is 2.43 bits per heavy atom. The zero-order valence-corrected chi connectivity index (χ0v) is 14.0. The Balaban J connectivity index is 2.32. The normalized spacial score (nSPS) is 12.5. The van der Waals surface area contributed by atoms with Gasteiger partial charge in [0, 0.05) is 0 Å². The zero-order chi connectivity index (χ0) is 17.3. The van der Waals surface area contributed by atoms with Gasteiger partial charge in [-0.3, -0.25) is 10.1 Å². The Kier molecular flexibility index (Phi) is 7.71. The molecule has 0 unspecified atom stereocenters. The van der Waals surface area contributed by atoms with Gasteiger partial charge in [0.2, 0.25) is 5.91 Å². The Labute approximate surface area is 137 Å². The van der Waals surface area contributed by atoms with Crippen LogP contribution in [-0.2, 0) is 16.0 Å². The van der Waals surface area contributed by atoms with Crippen LogP contribution in [0.5, 0.6) is 0 Å². The number of imide groups is 1. The van der Waals surface area contributed by atoms with E-state index in [2.05, 4.69) is 10.6 Å². The molecule has 2 amide bonds. The molecule has 23 heavy (non-hydrogen) atoms. The van der Waals surface area contributed by atoms with Crippen molar-refractivity contribution in [2.24, 2.45) is 0 Å². The molecule has 1 atom stereocenters. The predicted octanol–water partition coefficient (Wildman–Crippen LogP) is 1.62. The van der Waals surface area contributed by atoms with Gasteiger partial charge in [0.05, 0.1) is 6.61 Å². The van der Waals surface area contributed by atoms with E-state index in [1.165, 1.54) is 5.56 Å². The van der Waals surface area contributed by atoms with E-state index in [1.54, 1.807) is 20.8 Å². The van der Waals surface area contributed by atoms with Crippen molar-refractivity contribution in [2.45, 2.75) is 45.3 Å². The van der Waals surface area contributed by atoms with Gasteiger partial charge in [-0.05, 0) is 45.7 Å². The van der Waals surface area contributed by atoms with Crippen molar-refractivity contribution in [2.75, 3.05) is 13.2 Å². The summed E-state index contributed by atoms with van der Waals surface area (Å²) in [6, 6.07) is 9.17. The second-order valence-electron chi connectivity index (χ2n) is 6.27. The highest BCUT2D eigenvalue weighted by Crippen LogP contribution is 2.06. The standard InChI is InChI=1S/C17H26N2O4/c1-17(2,3)23-16(22)19-15(21)14(12-20)18-11-7-10-13-8-5-4-6-9-13/h4-6,8-9,14,18,20H,7,10-12H2,1-3H3,(H,19,21,22)/t14-/m1/s1. The fourth-order valence-electron chi connectivity index (χ4n) is 1.94. The van der Waals surface area contributed by atoms with Crippen LogP contribution in [0.4, 0.5) is 4.79 Å². The highest BCUT2D eigenvalue weighted by atomic mass is 16.6. The third-order valence-corrected chi connectivity index (χ3v) is 3.00. The van der Waals surface area contributed by atoms with Crippen LogP contribution < -0.4 is 10.6 Å². The summed E-state index contributed by atoms with van der Waals surface area (Å²) in [4.78, 5) is 23.4.